The van der Waals surface area contributed by atoms with Gasteiger partial charge in [-0.2, -0.15) is 18.3 Å². The minimum Gasteiger partial charge on any atom is -0.465 e. The van der Waals surface area contributed by atoms with Crippen molar-refractivity contribution in [1.82, 2.24) is 14.6 Å². The van der Waals surface area contributed by atoms with Crippen LogP contribution in [0.15, 0.2) is 23.4 Å². The minimum absolute atomic E-state index is 0.0752. The molecule has 9 heteroatoms. The standard InChI is InChI=1S/C11H10F3N3O2S/c1-2-19-10(18)6-20-9-5-7(11(12,13)14)17-8(16-9)3-4-15-17/h3-5H,2,6H2,1H3. The molecule has 0 aromatic carbocycles. The third-order valence-corrected chi connectivity index (χ3v) is 3.15. The lowest BCUT2D eigenvalue weighted by Gasteiger charge is -2.10. The lowest BCUT2D eigenvalue weighted by atomic mass is 10.4. The highest BCUT2D eigenvalue weighted by molar-refractivity contribution is 7.99. The van der Waals surface area contributed by atoms with Crippen LogP contribution in [0.4, 0.5) is 13.2 Å². The van der Waals surface area contributed by atoms with Crippen molar-refractivity contribution in [3.8, 4) is 0 Å². The average Bonchev–Trinajstić information content (AvgIpc) is 2.82. The summed E-state index contributed by atoms with van der Waals surface area (Å²) in [4.78, 5) is 15.2. The van der Waals surface area contributed by atoms with E-state index in [-0.39, 0.29) is 23.0 Å². The quantitative estimate of drug-likeness (QED) is 0.493. The third kappa shape index (κ3) is 3.21. The van der Waals surface area contributed by atoms with E-state index >= 15 is 0 Å². The fourth-order valence-electron chi connectivity index (χ4n) is 1.50. The fraction of sp³-hybridized carbons (Fsp3) is 0.364. The van der Waals surface area contributed by atoms with Crippen molar-refractivity contribution in [2.45, 2.75) is 18.1 Å². The Kier molecular flexibility index (Phi) is 4.17. The maximum Gasteiger partial charge on any atom is 0.433 e. The smallest absolute Gasteiger partial charge is 0.433 e. The molecule has 2 aromatic rings. The van der Waals surface area contributed by atoms with Gasteiger partial charge in [-0.1, -0.05) is 11.8 Å². The summed E-state index contributed by atoms with van der Waals surface area (Å²) in [6.07, 6.45) is -3.32. The van der Waals surface area contributed by atoms with Crippen LogP contribution in [0, 0.1) is 0 Å². The van der Waals surface area contributed by atoms with Crippen molar-refractivity contribution in [3.63, 3.8) is 0 Å². The van der Waals surface area contributed by atoms with Gasteiger partial charge in [0.05, 0.1) is 18.6 Å². The topological polar surface area (TPSA) is 56.5 Å². The monoisotopic (exact) mass is 305 g/mol. The molecule has 0 fully saturated rings. The number of carbonyl (C=O) groups is 1. The summed E-state index contributed by atoms with van der Waals surface area (Å²) in [5.74, 6) is -0.594. The van der Waals surface area contributed by atoms with Crippen LogP contribution in [0.5, 0.6) is 0 Å². The summed E-state index contributed by atoms with van der Waals surface area (Å²) in [6.45, 7) is 1.88. The van der Waals surface area contributed by atoms with Gasteiger partial charge in [-0.25, -0.2) is 9.50 Å². The van der Waals surface area contributed by atoms with Crippen molar-refractivity contribution < 1.29 is 22.7 Å². The Hall–Kier alpha value is -1.77. The Morgan fingerprint density at radius 1 is 1.50 bits per heavy atom. The van der Waals surface area contributed by atoms with Gasteiger partial charge in [0, 0.05) is 12.1 Å². The van der Waals surface area contributed by atoms with Gasteiger partial charge in [-0.3, -0.25) is 4.79 Å². The van der Waals surface area contributed by atoms with Crippen LogP contribution in [-0.4, -0.2) is 32.9 Å². The Balaban J connectivity index is 2.28. The van der Waals surface area contributed by atoms with E-state index in [1.165, 1.54) is 12.3 Å². The number of nitrogens with zero attached hydrogens (tertiary/aromatic N) is 3. The molecular weight excluding hydrogens is 295 g/mol. The number of fused-ring (bicyclic) bond motifs is 1. The second-order valence-electron chi connectivity index (χ2n) is 3.67. The highest BCUT2D eigenvalue weighted by atomic mass is 32.2. The average molecular weight is 305 g/mol. The van der Waals surface area contributed by atoms with Crippen LogP contribution < -0.4 is 0 Å². The van der Waals surface area contributed by atoms with Crippen molar-refractivity contribution in [2.24, 2.45) is 0 Å². The normalized spacial score (nSPS) is 11.8. The largest absolute Gasteiger partial charge is 0.465 e. The van der Waals surface area contributed by atoms with Gasteiger partial charge in [-0.15, -0.1) is 0 Å². The second-order valence-corrected chi connectivity index (χ2v) is 4.67. The molecule has 0 aliphatic carbocycles. The molecule has 0 saturated carbocycles. The molecule has 0 unspecified atom stereocenters. The number of thioether (sulfide) groups is 1. The molecule has 0 spiro atoms. The highest BCUT2D eigenvalue weighted by Crippen LogP contribution is 2.31. The van der Waals surface area contributed by atoms with Gasteiger partial charge in [0.15, 0.2) is 11.3 Å². The number of ether oxygens (including phenoxy) is 1. The number of hydrogen-bond donors (Lipinski definition) is 0. The van der Waals surface area contributed by atoms with E-state index < -0.39 is 17.8 Å². The first kappa shape index (κ1) is 14.6. The molecule has 0 N–H and O–H groups in total. The highest BCUT2D eigenvalue weighted by Gasteiger charge is 2.35. The lowest BCUT2D eigenvalue weighted by molar-refractivity contribution is -0.143. The van der Waals surface area contributed by atoms with Crippen LogP contribution in [0.25, 0.3) is 5.65 Å². The SMILES string of the molecule is CCOC(=O)CSc1cc(C(F)(F)F)n2nccc2n1. The van der Waals surface area contributed by atoms with E-state index in [1.54, 1.807) is 6.92 Å². The van der Waals surface area contributed by atoms with E-state index in [2.05, 4.69) is 10.1 Å². The number of halogens is 3. The summed E-state index contributed by atoms with van der Waals surface area (Å²) in [7, 11) is 0. The number of hydrogen-bond acceptors (Lipinski definition) is 5. The third-order valence-electron chi connectivity index (χ3n) is 2.27. The Bertz CT molecular complexity index is 627. The van der Waals surface area contributed by atoms with Crippen LogP contribution >= 0.6 is 11.8 Å². The van der Waals surface area contributed by atoms with Crippen molar-refractivity contribution >= 4 is 23.4 Å². The van der Waals surface area contributed by atoms with Gasteiger partial charge >= 0.3 is 12.1 Å². The Morgan fingerprint density at radius 2 is 2.25 bits per heavy atom. The van der Waals surface area contributed by atoms with E-state index in [0.717, 1.165) is 17.8 Å². The zero-order valence-corrected chi connectivity index (χ0v) is 11.2. The number of aromatic nitrogens is 3. The summed E-state index contributed by atoms with van der Waals surface area (Å²) < 4.78 is 44.1. The van der Waals surface area contributed by atoms with Crippen LogP contribution in [0.3, 0.4) is 0 Å². The van der Waals surface area contributed by atoms with E-state index in [4.69, 9.17) is 4.74 Å². The molecule has 0 radical (unpaired) electrons. The first-order valence-corrected chi connectivity index (χ1v) is 6.60. The van der Waals surface area contributed by atoms with Gasteiger partial charge in [0.2, 0.25) is 0 Å². The Morgan fingerprint density at radius 3 is 2.90 bits per heavy atom. The lowest BCUT2D eigenvalue weighted by Crippen LogP contribution is -2.14. The predicted molar refractivity (Wildman–Crippen MR) is 65.3 cm³/mol. The first-order chi connectivity index (χ1) is 9.41. The maximum atomic E-state index is 12.9. The minimum atomic E-state index is -4.55. The molecule has 2 rings (SSSR count). The van der Waals surface area contributed by atoms with E-state index in [0.29, 0.717) is 4.52 Å². The van der Waals surface area contributed by atoms with Gasteiger partial charge in [0.25, 0.3) is 0 Å². The molecule has 5 nitrogen and oxygen atoms in total. The predicted octanol–water partition coefficient (Wildman–Crippen LogP) is 2.40. The van der Waals surface area contributed by atoms with E-state index in [9.17, 15) is 18.0 Å². The van der Waals surface area contributed by atoms with Crippen LogP contribution in [-0.2, 0) is 15.7 Å². The maximum absolute atomic E-state index is 12.9. The van der Waals surface area contributed by atoms with Gasteiger partial charge in [-0.05, 0) is 6.92 Å². The molecule has 0 aliphatic heterocycles. The molecule has 20 heavy (non-hydrogen) atoms. The Labute approximate surface area is 116 Å². The summed E-state index contributed by atoms with van der Waals surface area (Å²) in [6, 6.07) is 2.23. The zero-order chi connectivity index (χ0) is 14.8. The number of carbonyl (C=O) groups excluding carboxylic acids is 1. The van der Waals surface area contributed by atoms with Gasteiger partial charge < -0.3 is 4.74 Å². The summed E-state index contributed by atoms with van der Waals surface area (Å²) >= 11 is 0.890. The number of rotatable bonds is 4. The molecular formula is C11H10F3N3O2S. The molecule has 0 amide bonds. The molecule has 0 atom stereocenters. The molecule has 0 aliphatic rings. The van der Waals surface area contributed by atoms with Gasteiger partial charge in [0.1, 0.15) is 5.03 Å². The van der Waals surface area contributed by atoms with Crippen molar-refractivity contribution in [1.29, 1.82) is 0 Å². The summed E-state index contributed by atoms with van der Waals surface area (Å²) in [5.41, 5.74) is -0.856. The van der Waals surface area contributed by atoms with Crippen LogP contribution in [0.2, 0.25) is 0 Å². The molecule has 0 bridgehead atoms. The first-order valence-electron chi connectivity index (χ1n) is 5.62. The molecule has 108 valence electrons. The number of esters is 1. The van der Waals surface area contributed by atoms with E-state index in [1.807, 2.05) is 0 Å². The summed E-state index contributed by atoms with van der Waals surface area (Å²) in [5, 5.41) is 3.68. The second kappa shape index (κ2) is 5.70. The molecule has 2 aromatic heterocycles. The fourth-order valence-corrected chi connectivity index (χ4v) is 2.20. The zero-order valence-electron chi connectivity index (χ0n) is 10.3. The van der Waals surface area contributed by atoms with Crippen LogP contribution in [0.1, 0.15) is 12.6 Å². The van der Waals surface area contributed by atoms with Crippen molar-refractivity contribution in [2.75, 3.05) is 12.4 Å². The molecule has 0 saturated heterocycles. The van der Waals surface area contributed by atoms with Crippen molar-refractivity contribution in [3.05, 3.63) is 24.0 Å². The number of alkyl halides is 3. The molecule has 2 heterocycles.